The molecule has 0 saturated heterocycles. The van der Waals surface area contributed by atoms with E-state index in [-0.39, 0.29) is 5.75 Å². The highest BCUT2D eigenvalue weighted by atomic mass is 32.2. The summed E-state index contributed by atoms with van der Waals surface area (Å²) in [5, 5.41) is 8.76. The highest BCUT2D eigenvalue weighted by molar-refractivity contribution is 7.93. The SMILES string of the molecule is CC(C)CN=S(=O)(CC#N)Cc1ccccc1. The predicted octanol–water partition coefficient (Wildman–Crippen LogP) is 2.83. The van der Waals surface area contributed by atoms with Crippen LogP contribution in [-0.4, -0.2) is 16.5 Å². The van der Waals surface area contributed by atoms with E-state index in [1.54, 1.807) is 0 Å². The second-order valence-corrected chi connectivity index (χ2v) is 6.79. The lowest BCUT2D eigenvalue weighted by molar-refractivity contribution is 0.649. The highest BCUT2D eigenvalue weighted by Crippen LogP contribution is 2.10. The van der Waals surface area contributed by atoms with Crippen LogP contribution in [0.5, 0.6) is 0 Å². The summed E-state index contributed by atoms with van der Waals surface area (Å²) in [6.45, 7) is 4.60. The van der Waals surface area contributed by atoms with E-state index in [1.165, 1.54) is 0 Å². The van der Waals surface area contributed by atoms with Crippen molar-refractivity contribution in [2.75, 3.05) is 12.3 Å². The third kappa shape index (κ3) is 5.01. The van der Waals surface area contributed by atoms with Crippen LogP contribution in [0.4, 0.5) is 0 Å². The summed E-state index contributed by atoms with van der Waals surface area (Å²) in [5.74, 6) is 0.744. The third-order valence-corrected chi connectivity index (χ3v) is 4.18. The molecular weight excluding hydrogens is 232 g/mol. The zero-order valence-corrected chi connectivity index (χ0v) is 11.1. The molecule has 0 aliphatic heterocycles. The van der Waals surface area contributed by atoms with Crippen LogP contribution in [-0.2, 0) is 15.5 Å². The molecule has 0 heterocycles. The van der Waals surface area contributed by atoms with Crippen molar-refractivity contribution in [2.24, 2.45) is 10.3 Å². The molecule has 1 aromatic rings. The van der Waals surface area contributed by atoms with E-state index < -0.39 is 9.73 Å². The maximum atomic E-state index is 12.5. The lowest BCUT2D eigenvalue weighted by Crippen LogP contribution is -2.10. The Morgan fingerprint density at radius 2 is 2.00 bits per heavy atom. The summed E-state index contributed by atoms with van der Waals surface area (Å²) >= 11 is 0. The van der Waals surface area contributed by atoms with Crippen LogP contribution in [0, 0.1) is 17.2 Å². The van der Waals surface area contributed by atoms with Gasteiger partial charge >= 0.3 is 0 Å². The van der Waals surface area contributed by atoms with Crippen molar-refractivity contribution in [2.45, 2.75) is 19.6 Å². The van der Waals surface area contributed by atoms with Gasteiger partial charge in [0.2, 0.25) is 0 Å². The maximum absolute atomic E-state index is 12.5. The fraction of sp³-hybridized carbons (Fsp3) is 0.462. The monoisotopic (exact) mass is 250 g/mol. The van der Waals surface area contributed by atoms with Gasteiger partial charge in [0.1, 0.15) is 5.75 Å². The molecule has 1 rings (SSSR count). The zero-order chi connectivity index (χ0) is 12.7. The molecule has 1 aromatic carbocycles. The van der Waals surface area contributed by atoms with Crippen molar-refractivity contribution >= 4 is 9.73 Å². The number of hydrogen-bond donors (Lipinski definition) is 0. The molecule has 4 heteroatoms. The van der Waals surface area contributed by atoms with Crippen molar-refractivity contribution < 1.29 is 4.21 Å². The van der Waals surface area contributed by atoms with Gasteiger partial charge in [-0.25, -0.2) is 8.57 Å². The molecule has 1 atom stereocenters. The van der Waals surface area contributed by atoms with Crippen LogP contribution in [0.2, 0.25) is 0 Å². The average molecular weight is 250 g/mol. The summed E-state index contributed by atoms with van der Waals surface area (Å²) in [7, 11) is -2.42. The Bertz CT molecular complexity index is 494. The van der Waals surface area contributed by atoms with Crippen LogP contribution in [0.3, 0.4) is 0 Å². The van der Waals surface area contributed by atoms with Gasteiger partial charge < -0.3 is 0 Å². The Kier molecular flexibility index (Phi) is 5.17. The molecule has 0 aliphatic carbocycles. The lowest BCUT2D eigenvalue weighted by Gasteiger charge is -2.08. The van der Waals surface area contributed by atoms with Crippen molar-refractivity contribution in [1.82, 2.24) is 0 Å². The van der Waals surface area contributed by atoms with E-state index in [0.717, 1.165) is 5.56 Å². The maximum Gasteiger partial charge on any atom is 0.119 e. The molecule has 92 valence electrons. The first-order valence-electron chi connectivity index (χ1n) is 5.65. The van der Waals surface area contributed by atoms with Gasteiger partial charge in [0.25, 0.3) is 0 Å². The Hall–Kier alpha value is -1.34. The van der Waals surface area contributed by atoms with Gasteiger partial charge in [-0.1, -0.05) is 44.2 Å². The third-order valence-electron chi connectivity index (χ3n) is 2.20. The highest BCUT2D eigenvalue weighted by Gasteiger charge is 2.10. The largest absolute Gasteiger partial charge is 0.248 e. The van der Waals surface area contributed by atoms with Crippen molar-refractivity contribution in [3.8, 4) is 6.07 Å². The molecular formula is C13H18N2OS. The Morgan fingerprint density at radius 1 is 1.35 bits per heavy atom. The first-order chi connectivity index (χ1) is 8.06. The number of hydrogen-bond acceptors (Lipinski definition) is 3. The van der Waals surface area contributed by atoms with Crippen molar-refractivity contribution in [3.63, 3.8) is 0 Å². The average Bonchev–Trinajstić information content (AvgIpc) is 2.28. The number of rotatable bonds is 5. The van der Waals surface area contributed by atoms with E-state index in [1.807, 2.05) is 50.2 Å². The lowest BCUT2D eigenvalue weighted by atomic mass is 10.2. The number of nitrogens with zero attached hydrogens (tertiary/aromatic N) is 2. The fourth-order valence-electron chi connectivity index (χ4n) is 1.36. The van der Waals surface area contributed by atoms with Crippen LogP contribution >= 0.6 is 0 Å². The minimum atomic E-state index is -2.42. The molecule has 3 nitrogen and oxygen atoms in total. The second-order valence-electron chi connectivity index (χ2n) is 4.41. The summed E-state index contributed by atoms with van der Waals surface area (Å²) < 4.78 is 16.7. The van der Waals surface area contributed by atoms with Gasteiger partial charge in [0.05, 0.1) is 28.1 Å². The molecule has 0 amide bonds. The van der Waals surface area contributed by atoms with E-state index in [2.05, 4.69) is 4.36 Å². The summed E-state index contributed by atoms with van der Waals surface area (Å²) in [6, 6.07) is 11.6. The summed E-state index contributed by atoms with van der Waals surface area (Å²) in [5.41, 5.74) is 0.972. The van der Waals surface area contributed by atoms with Crippen LogP contribution in [0.15, 0.2) is 34.7 Å². The van der Waals surface area contributed by atoms with Crippen molar-refractivity contribution in [3.05, 3.63) is 35.9 Å². The molecule has 1 unspecified atom stereocenters. The molecule has 17 heavy (non-hydrogen) atoms. The molecule has 0 spiro atoms. The summed E-state index contributed by atoms with van der Waals surface area (Å²) in [4.78, 5) is 0. The smallest absolute Gasteiger partial charge is 0.119 e. The Labute approximate surface area is 104 Å². The number of benzene rings is 1. The predicted molar refractivity (Wildman–Crippen MR) is 70.9 cm³/mol. The van der Waals surface area contributed by atoms with Crippen molar-refractivity contribution in [1.29, 1.82) is 5.26 Å². The van der Waals surface area contributed by atoms with Gasteiger partial charge in [-0.2, -0.15) is 5.26 Å². The molecule has 0 N–H and O–H groups in total. The molecule has 0 fully saturated rings. The fourth-order valence-corrected chi connectivity index (χ4v) is 3.13. The second kappa shape index (κ2) is 6.41. The Morgan fingerprint density at radius 3 is 2.53 bits per heavy atom. The topological polar surface area (TPSA) is 53.2 Å². The quantitative estimate of drug-likeness (QED) is 0.807. The first-order valence-corrected chi connectivity index (χ1v) is 7.50. The van der Waals surface area contributed by atoms with E-state index in [4.69, 9.17) is 5.26 Å². The summed E-state index contributed by atoms with van der Waals surface area (Å²) in [6.07, 6.45) is 0. The minimum Gasteiger partial charge on any atom is -0.248 e. The van der Waals surface area contributed by atoms with Crippen LogP contribution in [0.1, 0.15) is 19.4 Å². The van der Waals surface area contributed by atoms with Crippen LogP contribution in [0.25, 0.3) is 0 Å². The minimum absolute atomic E-state index is 0.00855. The molecule has 0 aliphatic rings. The van der Waals surface area contributed by atoms with E-state index in [0.29, 0.717) is 18.2 Å². The first kappa shape index (κ1) is 13.7. The van der Waals surface area contributed by atoms with Gasteiger partial charge in [-0.3, -0.25) is 0 Å². The van der Waals surface area contributed by atoms with E-state index >= 15 is 0 Å². The standard InChI is InChI=1S/C13H18N2OS/c1-12(2)10-15-17(16,9-8-14)11-13-6-4-3-5-7-13/h3-7,12H,9-11H2,1-2H3. The van der Waals surface area contributed by atoms with E-state index in [9.17, 15) is 4.21 Å². The zero-order valence-electron chi connectivity index (χ0n) is 10.3. The molecule has 0 saturated carbocycles. The molecule has 0 radical (unpaired) electrons. The van der Waals surface area contributed by atoms with Gasteiger partial charge in [0.15, 0.2) is 0 Å². The van der Waals surface area contributed by atoms with Gasteiger partial charge in [0, 0.05) is 0 Å². The van der Waals surface area contributed by atoms with Gasteiger partial charge in [-0.05, 0) is 11.5 Å². The number of nitriles is 1. The van der Waals surface area contributed by atoms with Crippen LogP contribution < -0.4 is 0 Å². The normalized spacial score (nSPS) is 14.0. The van der Waals surface area contributed by atoms with Gasteiger partial charge in [-0.15, -0.1) is 0 Å². The molecule has 0 bridgehead atoms. The Balaban J connectivity index is 2.90. The molecule has 0 aromatic heterocycles.